The minimum absolute atomic E-state index is 1.11. The Morgan fingerprint density at radius 1 is 0.650 bits per heavy atom. The lowest BCUT2D eigenvalue weighted by Gasteiger charge is -2.41. The molecule has 2 aromatic carbocycles. The van der Waals surface area contributed by atoms with Crippen LogP contribution in [0, 0.1) is 0 Å². The van der Waals surface area contributed by atoms with E-state index >= 15 is 0 Å². The van der Waals surface area contributed by atoms with Gasteiger partial charge in [0, 0.05) is 0 Å². The van der Waals surface area contributed by atoms with Crippen molar-refractivity contribution >= 4 is 38.6 Å². The molecule has 2 rings (SSSR count). The Morgan fingerprint density at radius 3 is 1.40 bits per heavy atom. The van der Waals surface area contributed by atoms with Crippen LogP contribution in [0.5, 0.6) is 0 Å². The molecule has 2 nitrogen and oxygen atoms in total. The summed E-state index contributed by atoms with van der Waals surface area (Å²) < 4.78 is 0. The zero-order valence-electron chi connectivity index (χ0n) is 13.4. The second kappa shape index (κ2) is 5.26. The summed E-state index contributed by atoms with van der Waals surface area (Å²) in [5.41, 5.74) is 2.22. The highest BCUT2D eigenvalue weighted by Crippen LogP contribution is 2.42. The SMILES string of the molecule is C[Si](C)(C)[N-]c1cccc2cccc([N-][Si](C)(C)C)c12. The molecule has 0 heterocycles. The third-order valence-electron chi connectivity index (χ3n) is 2.77. The maximum Gasteiger partial charge on any atom is -0.0209 e. The molecule has 0 aromatic heterocycles. The highest BCUT2D eigenvalue weighted by atomic mass is 28.3. The van der Waals surface area contributed by atoms with Gasteiger partial charge in [-0.1, -0.05) is 75.7 Å². The Bertz CT molecular complexity index is 559. The fraction of sp³-hybridized carbons (Fsp3) is 0.375. The quantitative estimate of drug-likeness (QED) is 0.575. The Labute approximate surface area is 124 Å². The van der Waals surface area contributed by atoms with Gasteiger partial charge in [-0.3, -0.25) is 0 Å². The van der Waals surface area contributed by atoms with Gasteiger partial charge in [0.25, 0.3) is 0 Å². The molecule has 0 atom stereocenters. The summed E-state index contributed by atoms with van der Waals surface area (Å²) >= 11 is 0. The fourth-order valence-electron chi connectivity index (χ4n) is 2.21. The van der Waals surface area contributed by atoms with Crippen molar-refractivity contribution in [3.8, 4) is 0 Å². The van der Waals surface area contributed by atoms with Gasteiger partial charge in [0.1, 0.15) is 0 Å². The molecule has 20 heavy (non-hydrogen) atoms. The molecule has 0 fully saturated rings. The van der Waals surface area contributed by atoms with Crippen LogP contribution in [0.15, 0.2) is 36.4 Å². The van der Waals surface area contributed by atoms with E-state index in [1.165, 1.54) is 10.8 Å². The first-order valence-corrected chi connectivity index (χ1v) is 14.0. The molecule has 0 saturated heterocycles. The van der Waals surface area contributed by atoms with E-state index in [0.29, 0.717) is 0 Å². The van der Waals surface area contributed by atoms with Gasteiger partial charge < -0.3 is 9.96 Å². The molecule has 0 bridgehead atoms. The van der Waals surface area contributed by atoms with Crippen molar-refractivity contribution < 1.29 is 0 Å². The standard InChI is InChI=1S/C16H24N2Si2/c1-19(2,3)17-14-11-7-9-13-10-8-12-15(16(13)14)18-20(4,5)6/h7-12H,1-6H3/q-2. The Kier molecular flexibility index (Phi) is 3.98. The Balaban J connectivity index is 2.58. The average Bonchev–Trinajstić information content (AvgIpc) is 2.25. The van der Waals surface area contributed by atoms with Gasteiger partial charge in [-0.25, -0.2) is 0 Å². The fourth-order valence-corrected chi connectivity index (χ4v) is 4.03. The normalized spacial score (nSPS) is 12.5. The van der Waals surface area contributed by atoms with Gasteiger partial charge in [0.05, 0.1) is 0 Å². The summed E-state index contributed by atoms with van der Waals surface area (Å²) in [6, 6.07) is 12.8. The number of hydrogen-bond acceptors (Lipinski definition) is 0. The molecule has 0 amide bonds. The summed E-state index contributed by atoms with van der Waals surface area (Å²) in [7, 11) is -3.00. The van der Waals surface area contributed by atoms with E-state index in [2.05, 4.69) is 75.7 Å². The summed E-state index contributed by atoms with van der Waals surface area (Å²) in [4.78, 5) is 10.0. The van der Waals surface area contributed by atoms with Crippen molar-refractivity contribution in [2.75, 3.05) is 0 Å². The summed E-state index contributed by atoms with van der Waals surface area (Å²) in [5.74, 6) is 0. The lowest BCUT2D eigenvalue weighted by Crippen LogP contribution is -2.17. The number of nitrogens with zero attached hydrogens (tertiary/aromatic N) is 2. The number of hydrogen-bond donors (Lipinski definition) is 0. The highest BCUT2D eigenvalue weighted by molar-refractivity contribution is 6.83. The summed E-state index contributed by atoms with van der Waals surface area (Å²) in [6.07, 6.45) is 0. The molecular weight excluding hydrogens is 276 g/mol. The second-order valence-corrected chi connectivity index (χ2v) is 16.3. The van der Waals surface area contributed by atoms with Crippen molar-refractivity contribution in [3.05, 3.63) is 46.4 Å². The zero-order valence-corrected chi connectivity index (χ0v) is 15.4. The van der Waals surface area contributed by atoms with Crippen LogP contribution >= 0.6 is 0 Å². The first-order valence-electron chi connectivity index (χ1n) is 7.13. The van der Waals surface area contributed by atoms with E-state index in [-0.39, 0.29) is 0 Å². The largest absolute Gasteiger partial charge is 0.687 e. The molecule has 0 spiro atoms. The molecule has 0 saturated carbocycles. The lowest BCUT2D eigenvalue weighted by atomic mass is 10.1. The topological polar surface area (TPSA) is 28.2 Å². The van der Waals surface area contributed by atoms with E-state index in [1.54, 1.807) is 0 Å². The van der Waals surface area contributed by atoms with Gasteiger partial charge in [-0.15, -0.1) is 11.4 Å². The zero-order chi connectivity index (χ0) is 15.0. The Morgan fingerprint density at radius 2 is 1.05 bits per heavy atom. The molecule has 0 N–H and O–H groups in total. The first kappa shape index (κ1) is 15.1. The van der Waals surface area contributed by atoms with Gasteiger partial charge in [-0.05, 0) is 27.2 Å². The minimum Gasteiger partial charge on any atom is -0.687 e. The van der Waals surface area contributed by atoms with E-state index in [0.717, 1.165) is 11.4 Å². The smallest absolute Gasteiger partial charge is 0.0209 e. The van der Waals surface area contributed by atoms with Crippen LogP contribution in [-0.2, 0) is 0 Å². The Hall–Kier alpha value is -1.27. The maximum atomic E-state index is 5.00. The van der Waals surface area contributed by atoms with Crippen LogP contribution in [0.25, 0.3) is 20.7 Å². The van der Waals surface area contributed by atoms with Gasteiger partial charge in [-0.2, -0.15) is 0 Å². The van der Waals surface area contributed by atoms with E-state index in [9.17, 15) is 0 Å². The molecule has 2 aromatic rings. The van der Waals surface area contributed by atoms with Crippen molar-refractivity contribution in [3.63, 3.8) is 0 Å². The molecular formula is C16H24N2Si2-2. The second-order valence-electron chi connectivity index (χ2n) is 7.22. The monoisotopic (exact) mass is 300 g/mol. The van der Waals surface area contributed by atoms with E-state index < -0.39 is 16.5 Å². The average molecular weight is 301 g/mol. The minimum atomic E-state index is -1.50. The lowest BCUT2D eigenvalue weighted by molar-refractivity contribution is 1.65. The molecule has 4 heteroatoms. The van der Waals surface area contributed by atoms with Crippen LogP contribution in [-0.4, -0.2) is 16.5 Å². The van der Waals surface area contributed by atoms with Gasteiger partial charge >= 0.3 is 0 Å². The molecule has 0 unspecified atom stereocenters. The molecule has 0 aliphatic carbocycles. The summed E-state index contributed by atoms with van der Waals surface area (Å²) in [6.45, 7) is 13.6. The van der Waals surface area contributed by atoms with E-state index in [4.69, 9.17) is 9.96 Å². The van der Waals surface area contributed by atoms with Crippen LogP contribution < -0.4 is 0 Å². The van der Waals surface area contributed by atoms with Crippen molar-refractivity contribution in [2.45, 2.75) is 39.3 Å². The summed E-state index contributed by atoms with van der Waals surface area (Å²) in [5, 5.41) is 2.46. The van der Waals surface area contributed by atoms with Crippen LogP contribution in [0.3, 0.4) is 0 Å². The van der Waals surface area contributed by atoms with Crippen LogP contribution in [0.1, 0.15) is 0 Å². The van der Waals surface area contributed by atoms with Crippen molar-refractivity contribution in [2.24, 2.45) is 0 Å². The molecule has 108 valence electrons. The van der Waals surface area contributed by atoms with Crippen molar-refractivity contribution in [1.29, 1.82) is 0 Å². The molecule has 0 aliphatic rings. The van der Waals surface area contributed by atoms with Crippen molar-refractivity contribution in [1.82, 2.24) is 0 Å². The third-order valence-corrected chi connectivity index (χ3v) is 4.60. The van der Waals surface area contributed by atoms with E-state index in [1.807, 2.05) is 0 Å². The maximum absolute atomic E-state index is 5.00. The number of benzene rings is 2. The van der Waals surface area contributed by atoms with Crippen LogP contribution in [0.2, 0.25) is 39.3 Å². The number of fused-ring (bicyclic) bond motifs is 1. The third kappa shape index (κ3) is 3.87. The predicted octanol–water partition coefficient (Wildman–Crippen LogP) is 6.52. The molecule has 0 aliphatic heterocycles. The highest BCUT2D eigenvalue weighted by Gasteiger charge is 2.05. The molecule has 0 radical (unpaired) electrons. The van der Waals surface area contributed by atoms with Gasteiger partial charge in [0.15, 0.2) is 0 Å². The van der Waals surface area contributed by atoms with Gasteiger partial charge in [0.2, 0.25) is 0 Å². The first-order chi connectivity index (χ1) is 9.16. The van der Waals surface area contributed by atoms with Crippen LogP contribution in [0.4, 0.5) is 11.4 Å². The number of rotatable bonds is 4. The predicted molar refractivity (Wildman–Crippen MR) is 96.7 cm³/mol.